The number of benzene rings is 2. The number of likely N-dealkylation sites (tertiary alicyclic amines) is 1. The number of fused-ring (bicyclic) bond motifs is 1. The first-order valence-electron chi connectivity index (χ1n) is 7.91. The average molecular weight is 301 g/mol. The Kier molecular flexibility index (Phi) is 4.93. The topological polar surface area (TPSA) is 52.9 Å². The molecule has 1 fully saturated rings. The van der Waals surface area contributed by atoms with Gasteiger partial charge in [0.2, 0.25) is 0 Å². The predicted molar refractivity (Wildman–Crippen MR) is 87.1 cm³/mol. The molecule has 1 aliphatic rings. The minimum Gasteiger partial charge on any atom is -0.491 e. The van der Waals surface area contributed by atoms with Crippen LogP contribution in [-0.4, -0.2) is 53.6 Å². The third-order valence-electron chi connectivity index (χ3n) is 4.11. The Balaban J connectivity index is 1.52. The van der Waals surface area contributed by atoms with Gasteiger partial charge >= 0.3 is 0 Å². The van der Waals surface area contributed by atoms with E-state index in [1.165, 1.54) is 5.39 Å². The molecule has 3 rings (SSSR count). The lowest BCUT2D eigenvalue weighted by atomic mass is 10.1. The SMILES string of the molecule is O[C@H]1CCCN(C[C@@H](O)COc2ccc3ccccc3c2)C1. The van der Waals surface area contributed by atoms with E-state index in [0.717, 1.165) is 30.5 Å². The molecule has 22 heavy (non-hydrogen) atoms. The first kappa shape index (κ1) is 15.3. The number of rotatable bonds is 5. The summed E-state index contributed by atoms with van der Waals surface area (Å²) >= 11 is 0. The van der Waals surface area contributed by atoms with Gasteiger partial charge in [-0.1, -0.05) is 30.3 Å². The van der Waals surface area contributed by atoms with E-state index in [0.29, 0.717) is 13.1 Å². The number of hydrogen-bond acceptors (Lipinski definition) is 4. The van der Waals surface area contributed by atoms with E-state index in [-0.39, 0.29) is 12.7 Å². The van der Waals surface area contributed by atoms with Gasteiger partial charge in [-0.2, -0.15) is 0 Å². The molecule has 2 atom stereocenters. The Labute approximate surface area is 130 Å². The zero-order valence-corrected chi connectivity index (χ0v) is 12.7. The smallest absolute Gasteiger partial charge is 0.120 e. The summed E-state index contributed by atoms with van der Waals surface area (Å²) in [5.74, 6) is 0.774. The van der Waals surface area contributed by atoms with Crippen LogP contribution < -0.4 is 4.74 Å². The molecule has 2 aromatic rings. The Morgan fingerprint density at radius 2 is 2.00 bits per heavy atom. The number of hydrogen-bond donors (Lipinski definition) is 2. The Morgan fingerprint density at radius 1 is 1.18 bits per heavy atom. The van der Waals surface area contributed by atoms with Gasteiger partial charge in [-0.25, -0.2) is 0 Å². The minimum atomic E-state index is -0.545. The number of piperidine rings is 1. The van der Waals surface area contributed by atoms with Crippen molar-refractivity contribution in [1.82, 2.24) is 4.90 Å². The fourth-order valence-electron chi connectivity index (χ4n) is 3.00. The summed E-state index contributed by atoms with van der Waals surface area (Å²) in [5, 5.41) is 22.1. The molecular formula is C18H23NO3. The summed E-state index contributed by atoms with van der Waals surface area (Å²) in [6.07, 6.45) is 1.04. The maximum absolute atomic E-state index is 10.1. The molecule has 2 N–H and O–H groups in total. The minimum absolute atomic E-state index is 0.262. The molecular weight excluding hydrogens is 278 g/mol. The molecule has 1 saturated heterocycles. The third kappa shape index (κ3) is 3.97. The highest BCUT2D eigenvalue weighted by Gasteiger charge is 2.20. The van der Waals surface area contributed by atoms with Crippen LogP contribution in [0.25, 0.3) is 10.8 Å². The second-order valence-corrected chi connectivity index (χ2v) is 6.03. The highest BCUT2D eigenvalue weighted by Crippen LogP contribution is 2.20. The van der Waals surface area contributed by atoms with E-state index < -0.39 is 6.10 Å². The molecule has 1 aliphatic heterocycles. The summed E-state index contributed by atoms with van der Waals surface area (Å²) in [6.45, 7) is 2.40. The van der Waals surface area contributed by atoms with E-state index in [1.807, 2.05) is 36.4 Å². The standard InChI is InChI=1S/C18H23NO3/c20-16-6-3-9-19(11-16)12-17(21)13-22-18-8-7-14-4-1-2-5-15(14)10-18/h1-2,4-5,7-8,10,16-17,20-21H,3,6,9,11-13H2/t16-,17+/m0/s1. The Hall–Kier alpha value is -1.62. The molecule has 4 heteroatoms. The van der Waals surface area contributed by atoms with Gasteiger partial charge in [0.05, 0.1) is 6.10 Å². The predicted octanol–water partition coefficient (Wildman–Crippen LogP) is 2.04. The van der Waals surface area contributed by atoms with Crippen LogP contribution in [0, 0.1) is 0 Å². The van der Waals surface area contributed by atoms with Crippen LogP contribution in [0.2, 0.25) is 0 Å². The van der Waals surface area contributed by atoms with Gasteiger partial charge in [0.15, 0.2) is 0 Å². The van der Waals surface area contributed by atoms with Crippen LogP contribution in [0.3, 0.4) is 0 Å². The molecule has 4 nitrogen and oxygen atoms in total. The Bertz CT molecular complexity index is 616. The van der Waals surface area contributed by atoms with Crippen molar-refractivity contribution in [2.24, 2.45) is 0 Å². The van der Waals surface area contributed by atoms with Crippen molar-refractivity contribution in [2.45, 2.75) is 25.0 Å². The molecule has 118 valence electrons. The van der Waals surface area contributed by atoms with Crippen LogP contribution in [0.15, 0.2) is 42.5 Å². The number of aliphatic hydroxyl groups excluding tert-OH is 2. The average Bonchev–Trinajstić information content (AvgIpc) is 2.53. The first-order valence-corrected chi connectivity index (χ1v) is 7.91. The maximum Gasteiger partial charge on any atom is 0.120 e. The second kappa shape index (κ2) is 7.09. The lowest BCUT2D eigenvalue weighted by Gasteiger charge is -2.31. The molecule has 0 radical (unpaired) electrons. The largest absolute Gasteiger partial charge is 0.491 e. The maximum atomic E-state index is 10.1. The molecule has 0 amide bonds. The summed E-state index contributed by atoms with van der Waals surface area (Å²) in [7, 11) is 0. The second-order valence-electron chi connectivity index (χ2n) is 6.03. The van der Waals surface area contributed by atoms with Crippen molar-refractivity contribution in [3.8, 4) is 5.75 Å². The Morgan fingerprint density at radius 3 is 2.82 bits per heavy atom. The van der Waals surface area contributed by atoms with Crippen molar-refractivity contribution in [3.05, 3.63) is 42.5 Å². The fraction of sp³-hybridized carbons (Fsp3) is 0.444. The molecule has 0 bridgehead atoms. The van der Waals surface area contributed by atoms with E-state index >= 15 is 0 Å². The summed E-state index contributed by atoms with van der Waals surface area (Å²) in [4.78, 5) is 2.10. The molecule has 0 aliphatic carbocycles. The normalized spacial score (nSPS) is 20.9. The van der Waals surface area contributed by atoms with Crippen LogP contribution >= 0.6 is 0 Å². The lowest BCUT2D eigenvalue weighted by molar-refractivity contribution is 0.0243. The highest BCUT2D eigenvalue weighted by atomic mass is 16.5. The zero-order chi connectivity index (χ0) is 15.4. The highest BCUT2D eigenvalue weighted by molar-refractivity contribution is 5.83. The van der Waals surface area contributed by atoms with E-state index in [2.05, 4.69) is 11.0 Å². The monoisotopic (exact) mass is 301 g/mol. The zero-order valence-electron chi connectivity index (χ0n) is 12.7. The molecule has 1 heterocycles. The van der Waals surface area contributed by atoms with Gasteiger partial charge < -0.3 is 14.9 Å². The van der Waals surface area contributed by atoms with E-state index in [4.69, 9.17) is 4.74 Å². The van der Waals surface area contributed by atoms with Crippen LogP contribution in [0.5, 0.6) is 5.75 Å². The van der Waals surface area contributed by atoms with Crippen LogP contribution in [0.4, 0.5) is 0 Å². The van der Waals surface area contributed by atoms with Gasteiger partial charge in [-0.05, 0) is 42.3 Å². The molecule has 0 unspecified atom stereocenters. The lowest BCUT2D eigenvalue weighted by Crippen LogP contribution is -2.43. The molecule has 2 aromatic carbocycles. The van der Waals surface area contributed by atoms with Crippen molar-refractivity contribution < 1.29 is 14.9 Å². The van der Waals surface area contributed by atoms with Crippen molar-refractivity contribution >= 4 is 10.8 Å². The van der Waals surface area contributed by atoms with Gasteiger partial charge in [-0.15, -0.1) is 0 Å². The van der Waals surface area contributed by atoms with Gasteiger partial charge in [-0.3, -0.25) is 4.90 Å². The fourth-order valence-corrected chi connectivity index (χ4v) is 3.00. The van der Waals surface area contributed by atoms with Crippen LogP contribution in [-0.2, 0) is 0 Å². The van der Waals surface area contributed by atoms with Gasteiger partial charge in [0.25, 0.3) is 0 Å². The van der Waals surface area contributed by atoms with Crippen LogP contribution in [0.1, 0.15) is 12.8 Å². The van der Waals surface area contributed by atoms with Crippen molar-refractivity contribution in [2.75, 3.05) is 26.2 Å². The third-order valence-corrected chi connectivity index (χ3v) is 4.11. The van der Waals surface area contributed by atoms with Crippen molar-refractivity contribution in [3.63, 3.8) is 0 Å². The van der Waals surface area contributed by atoms with Crippen molar-refractivity contribution in [1.29, 1.82) is 0 Å². The quantitative estimate of drug-likeness (QED) is 0.887. The molecule has 0 aromatic heterocycles. The summed E-state index contributed by atoms with van der Waals surface area (Å²) in [6, 6.07) is 14.1. The van der Waals surface area contributed by atoms with Gasteiger partial charge in [0, 0.05) is 13.1 Å². The molecule has 0 spiro atoms. The number of β-amino-alcohol motifs (C(OH)–C–C–N with tert-alkyl or cyclic N) is 2. The summed E-state index contributed by atoms with van der Waals surface area (Å²) < 4.78 is 5.71. The van der Waals surface area contributed by atoms with E-state index in [9.17, 15) is 10.2 Å². The first-order chi connectivity index (χ1) is 10.7. The summed E-state index contributed by atoms with van der Waals surface area (Å²) in [5.41, 5.74) is 0. The number of aliphatic hydroxyl groups is 2. The van der Waals surface area contributed by atoms with Gasteiger partial charge in [0.1, 0.15) is 18.5 Å². The molecule has 0 saturated carbocycles. The number of ether oxygens (including phenoxy) is 1. The van der Waals surface area contributed by atoms with E-state index in [1.54, 1.807) is 0 Å². The number of nitrogens with zero attached hydrogens (tertiary/aromatic N) is 1.